The molecule has 0 unspecified atom stereocenters. The maximum Gasteiger partial charge on any atom is 0.328 e. The molecule has 0 spiro atoms. The van der Waals surface area contributed by atoms with Crippen molar-refractivity contribution in [2.75, 3.05) is 13.7 Å². The SMILES string of the molecule is CO[C@@H]1N([C@H]2C[C@H](N=[N+]=[N-])[C@@H](CO)O2)C(=O)NC(=O)[C@@]1(C)I. The van der Waals surface area contributed by atoms with Gasteiger partial charge in [0.25, 0.3) is 0 Å². The van der Waals surface area contributed by atoms with Gasteiger partial charge in [0.05, 0.1) is 18.8 Å². The first kappa shape index (κ1) is 17.2. The fourth-order valence-corrected chi connectivity index (χ4v) is 3.31. The fourth-order valence-electron chi connectivity index (χ4n) is 2.62. The highest BCUT2D eigenvalue weighted by Gasteiger charge is 2.54. The monoisotopic (exact) mass is 425 g/mol. The molecule has 2 aliphatic rings. The number of methoxy groups -OCH3 is 1. The molecule has 22 heavy (non-hydrogen) atoms. The Morgan fingerprint density at radius 2 is 2.36 bits per heavy atom. The van der Waals surface area contributed by atoms with E-state index in [1.807, 2.05) is 22.6 Å². The van der Waals surface area contributed by atoms with Crippen molar-refractivity contribution in [3.63, 3.8) is 0 Å². The molecule has 10 nitrogen and oxygen atoms in total. The Bertz CT molecular complexity index is 523. The average molecular weight is 425 g/mol. The Morgan fingerprint density at radius 3 is 2.91 bits per heavy atom. The first-order chi connectivity index (χ1) is 10.4. The molecule has 2 aliphatic heterocycles. The molecular weight excluding hydrogens is 409 g/mol. The second kappa shape index (κ2) is 6.54. The van der Waals surface area contributed by atoms with E-state index in [2.05, 4.69) is 15.3 Å². The van der Waals surface area contributed by atoms with Crippen molar-refractivity contribution in [3.8, 4) is 0 Å². The van der Waals surface area contributed by atoms with Crippen LogP contribution in [0.1, 0.15) is 13.3 Å². The number of urea groups is 1. The van der Waals surface area contributed by atoms with Gasteiger partial charge in [0.1, 0.15) is 9.65 Å². The molecule has 0 aromatic rings. The van der Waals surface area contributed by atoms with Crippen LogP contribution in [0.3, 0.4) is 0 Å². The highest BCUT2D eigenvalue weighted by atomic mass is 127. The quantitative estimate of drug-likeness (QED) is 0.222. The minimum atomic E-state index is -1.00. The summed E-state index contributed by atoms with van der Waals surface area (Å²) in [5, 5.41) is 15.1. The Balaban J connectivity index is 2.28. The Kier molecular flexibility index (Phi) is 5.12. The van der Waals surface area contributed by atoms with E-state index in [0.717, 1.165) is 0 Å². The highest BCUT2D eigenvalue weighted by Crippen LogP contribution is 2.36. The predicted molar refractivity (Wildman–Crippen MR) is 81.9 cm³/mol. The summed E-state index contributed by atoms with van der Waals surface area (Å²) in [7, 11) is 1.39. The lowest BCUT2D eigenvalue weighted by Crippen LogP contribution is -2.69. The van der Waals surface area contributed by atoms with Crippen LogP contribution in [0.2, 0.25) is 0 Å². The van der Waals surface area contributed by atoms with Crippen molar-refractivity contribution in [2.45, 2.75) is 41.4 Å². The van der Waals surface area contributed by atoms with Crippen LogP contribution in [0.5, 0.6) is 0 Å². The van der Waals surface area contributed by atoms with Gasteiger partial charge in [0.2, 0.25) is 5.91 Å². The lowest BCUT2D eigenvalue weighted by atomic mass is 10.0. The number of halogens is 1. The van der Waals surface area contributed by atoms with Crippen LogP contribution in [0.4, 0.5) is 4.79 Å². The normalized spacial score (nSPS) is 38.6. The number of carbonyl (C=O) groups excluding carboxylic acids is 2. The number of carbonyl (C=O) groups is 2. The lowest BCUT2D eigenvalue weighted by molar-refractivity contribution is -0.151. The number of azide groups is 1. The number of nitrogens with zero attached hydrogens (tertiary/aromatic N) is 4. The topological polar surface area (TPSA) is 137 Å². The molecule has 2 N–H and O–H groups in total. The summed E-state index contributed by atoms with van der Waals surface area (Å²) in [4.78, 5) is 28.1. The van der Waals surface area contributed by atoms with Crippen molar-refractivity contribution in [1.82, 2.24) is 10.2 Å². The number of imide groups is 1. The second-order valence-electron chi connectivity index (χ2n) is 5.15. The van der Waals surface area contributed by atoms with Gasteiger partial charge in [-0.25, -0.2) is 4.79 Å². The predicted octanol–water partition coefficient (Wildman–Crippen LogP) is 0.491. The first-order valence-corrected chi connectivity index (χ1v) is 7.60. The summed E-state index contributed by atoms with van der Waals surface area (Å²) < 4.78 is 9.92. The minimum absolute atomic E-state index is 0.212. The third-order valence-corrected chi connectivity index (χ3v) is 4.76. The molecule has 5 atom stereocenters. The van der Waals surface area contributed by atoms with Crippen LogP contribution in [-0.4, -0.2) is 63.7 Å². The molecule has 0 aliphatic carbocycles. The summed E-state index contributed by atoms with van der Waals surface area (Å²) in [6.07, 6.45) is -2.10. The van der Waals surface area contributed by atoms with E-state index in [0.29, 0.717) is 0 Å². The summed E-state index contributed by atoms with van der Waals surface area (Å²) in [6.45, 7) is 1.30. The van der Waals surface area contributed by atoms with Crippen LogP contribution < -0.4 is 5.32 Å². The third-order valence-electron chi connectivity index (χ3n) is 3.73. The van der Waals surface area contributed by atoms with Gasteiger partial charge in [-0.15, -0.1) is 0 Å². The van der Waals surface area contributed by atoms with Crippen LogP contribution >= 0.6 is 22.6 Å². The number of aliphatic hydroxyl groups excluding tert-OH is 1. The average Bonchev–Trinajstić information content (AvgIpc) is 2.85. The zero-order valence-corrected chi connectivity index (χ0v) is 14.1. The zero-order chi connectivity index (χ0) is 16.5. The smallest absolute Gasteiger partial charge is 0.328 e. The van der Waals surface area contributed by atoms with Gasteiger partial charge >= 0.3 is 6.03 Å². The van der Waals surface area contributed by atoms with E-state index < -0.39 is 40.0 Å². The van der Waals surface area contributed by atoms with Crippen molar-refractivity contribution in [1.29, 1.82) is 0 Å². The molecule has 11 heteroatoms. The molecule has 0 aromatic carbocycles. The van der Waals surface area contributed by atoms with Gasteiger partial charge in [0.15, 0.2) is 6.23 Å². The van der Waals surface area contributed by atoms with Gasteiger partial charge in [0, 0.05) is 18.4 Å². The Labute approximate surface area is 139 Å². The van der Waals surface area contributed by atoms with Crippen LogP contribution in [0.25, 0.3) is 10.4 Å². The standard InChI is InChI=1S/C11H16IN5O5/c1-11(12)8(19)14-10(20)17(9(11)21-2)7-3-5(15-16-13)6(4-18)22-7/h5-7,9,18H,3-4H2,1-2H3,(H,14,19,20)/t5-,6+,7+,9-,11+/m0/s1. The van der Waals surface area contributed by atoms with Gasteiger partial charge in [-0.2, -0.15) is 0 Å². The number of alkyl halides is 1. The van der Waals surface area contributed by atoms with Crippen molar-refractivity contribution >= 4 is 34.5 Å². The van der Waals surface area contributed by atoms with Crippen molar-refractivity contribution in [3.05, 3.63) is 10.4 Å². The van der Waals surface area contributed by atoms with E-state index in [1.165, 1.54) is 12.0 Å². The summed E-state index contributed by atoms with van der Waals surface area (Å²) in [5.41, 5.74) is 8.56. The van der Waals surface area contributed by atoms with Crippen LogP contribution in [0.15, 0.2) is 5.11 Å². The first-order valence-electron chi connectivity index (χ1n) is 6.52. The molecule has 0 saturated carbocycles. The number of hydrogen-bond donors (Lipinski definition) is 2. The molecule has 2 saturated heterocycles. The van der Waals surface area contributed by atoms with E-state index >= 15 is 0 Å². The molecule has 2 fully saturated rings. The van der Waals surface area contributed by atoms with E-state index in [-0.39, 0.29) is 13.0 Å². The number of ether oxygens (including phenoxy) is 2. The Hall–Kier alpha value is -1.14. The largest absolute Gasteiger partial charge is 0.394 e. The van der Waals surface area contributed by atoms with Crippen molar-refractivity contribution < 1.29 is 24.2 Å². The number of nitrogens with one attached hydrogen (secondary N) is 1. The summed E-state index contributed by atoms with van der Waals surface area (Å²) >= 11 is 1.91. The summed E-state index contributed by atoms with van der Waals surface area (Å²) in [6, 6.07) is -1.24. The third kappa shape index (κ3) is 2.86. The molecular formula is C11H16IN5O5. The number of rotatable bonds is 4. The molecule has 3 amide bonds. The van der Waals surface area contributed by atoms with E-state index in [1.54, 1.807) is 6.92 Å². The lowest BCUT2D eigenvalue weighted by Gasteiger charge is -2.44. The molecule has 122 valence electrons. The molecule has 0 aromatic heterocycles. The maximum absolute atomic E-state index is 12.2. The van der Waals surface area contributed by atoms with E-state index in [4.69, 9.17) is 15.0 Å². The van der Waals surface area contributed by atoms with Gasteiger partial charge in [-0.3, -0.25) is 15.0 Å². The number of amides is 3. The number of aliphatic hydroxyl groups is 1. The zero-order valence-electron chi connectivity index (χ0n) is 12.0. The second-order valence-corrected chi connectivity index (χ2v) is 7.39. The Morgan fingerprint density at radius 1 is 1.68 bits per heavy atom. The maximum atomic E-state index is 12.2. The molecule has 2 heterocycles. The highest BCUT2D eigenvalue weighted by molar-refractivity contribution is 14.1. The molecule has 2 rings (SSSR count). The summed E-state index contributed by atoms with van der Waals surface area (Å²) in [5.74, 6) is -0.454. The molecule has 0 bridgehead atoms. The van der Waals surface area contributed by atoms with E-state index in [9.17, 15) is 14.7 Å². The minimum Gasteiger partial charge on any atom is -0.394 e. The van der Waals surface area contributed by atoms with Gasteiger partial charge < -0.3 is 14.6 Å². The fraction of sp³-hybridized carbons (Fsp3) is 0.818. The number of hydrogen-bond acceptors (Lipinski definition) is 6. The van der Waals surface area contributed by atoms with Crippen molar-refractivity contribution in [2.24, 2.45) is 5.11 Å². The van der Waals surface area contributed by atoms with Gasteiger partial charge in [-0.1, -0.05) is 27.7 Å². The molecule has 0 radical (unpaired) electrons. The van der Waals surface area contributed by atoms with Crippen LogP contribution in [0, 0.1) is 0 Å². The van der Waals surface area contributed by atoms with Crippen LogP contribution in [-0.2, 0) is 14.3 Å². The van der Waals surface area contributed by atoms with Gasteiger partial charge in [-0.05, 0) is 12.5 Å².